The molecule has 0 aliphatic rings. The third kappa shape index (κ3) is 2.36. The van der Waals surface area contributed by atoms with Crippen molar-refractivity contribution in [3.63, 3.8) is 0 Å². The molecule has 13 heavy (non-hydrogen) atoms. The molecular formula is C9H10ClNO2. The molecule has 3 nitrogen and oxygen atoms in total. The molecule has 1 aromatic rings. The molecule has 1 amide bonds. The average molecular weight is 200 g/mol. The van der Waals surface area contributed by atoms with Crippen LogP contribution in [0.5, 0.6) is 0 Å². The van der Waals surface area contributed by atoms with Crippen molar-refractivity contribution in [2.75, 3.05) is 11.4 Å². The van der Waals surface area contributed by atoms with Gasteiger partial charge in [-0.3, -0.25) is 4.90 Å². The van der Waals surface area contributed by atoms with E-state index in [0.29, 0.717) is 6.54 Å². The monoisotopic (exact) mass is 199 g/mol. The van der Waals surface area contributed by atoms with Gasteiger partial charge in [0, 0.05) is 12.2 Å². The van der Waals surface area contributed by atoms with E-state index < -0.39 is 6.09 Å². The van der Waals surface area contributed by atoms with E-state index in [1.165, 1.54) is 4.90 Å². The SMILES string of the molecule is CCN(C(=O)OCl)c1ccccc1. The molecule has 0 aliphatic carbocycles. The minimum Gasteiger partial charge on any atom is -0.330 e. The molecular weight excluding hydrogens is 190 g/mol. The second-order valence-corrected chi connectivity index (χ2v) is 2.58. The van der Waals surface area contributed by atoms with Gasteiger partial charge < -0.3 is 4.29 Å². The van der Waals surface area contributed by atoms with Gasteiger partial charge in [-0.2, -0.15) is 0 Å². The zero-order chi connectivity index (χ0) is 9.68. The number of hydrogen-bond donors (Lipinski definition) is 0. The van der Waals surface area contributed by atoms with E-state index >= 15 is 0 Å². The number of rotatable bonds is 2. The maximum atomic E-state index is 11.1. The topological polar surface area (TPSA) is 29.5 Å². The molecule has 4 heteroatoms. The highest BCUT2D eigenvalue weighted by atomic mass is 35.5. The highest BCUT2D eigenvalue weighted by Gasteiger charge is 2.13. The lowest BCUT2D eigenvalue weighted by atomic mass is 10.3. The number of amides is 1. The van der Waals surface area contributed by atoms with Gasteiger partial charge in [-0.1, -0.05) is 18.2 Å². The Morgan fingerprint density at radius 3 is 2.54 bits per heavy atom. The number of hydrogen-bond acceptors (Lipinski definition) is 2. The standard InChI is InChI=1S/C9H10ClNO2/c1-2-11(9(12)13-10)8-6-4-3-5-7-8/h3-7H,2H2,1H3. The van der Waals surface area contributed by atoms with E-state index in [2.05, 4.69) is 4.29 Å². The van der Waals surface area contributed by atoms with Gasteiger partial charge in [-0.05, 0) is 19.1 Å². The minimum absolute atomic E-state index is 0.523. The van der Waals surface area contributed by atoms with Crippen LogP contribution in [0.15, 0.2) is 30.3 Å². The molecule has 1 rings (SSSR count). The summed E-state index contributed by atoms with van der Waals surface area (Å²) in [7, 11) is 0. The normalized spacial score (nSPS) is 9.38. The molecule has 0 saturated carbocycles. The maximum Gasteiger partial charge on any atom is 0.432 e. The highest BCUT2D eigenvalue weighted by Crippen LogP contribution is 2.14. The van der Waals surface area contributed by atoms with Crippen LogP contribution < -0.4 is 4.90 Å². The van der Waals surface area contributed by atoms with Gasteiger partial charge in [0.05, 0.1) is 0 Å². The van der Waals surface area contributed by atoms with Crippen LogP contribution in [0.2, 0.25) is 0 Å². The molecule has 0 fully saturated rings. The largest absolute Gasteiger partial charge is 0.432 e. The summed E-state index contributed by atoms with van der Waals surface area (Å²) in [6, 6.07) is 9.21. The van der Waals surface area contributed by atoms with Gasteiger partial charge in [-0.25, -0.2) is 4.79 Å². The second kappa shape index (κ2) is 4.72. The van der Waals surface area contributed by atoms with Crippen molar-refractivity contribution in [3.8, 4) is 0 Å². The summed E-state index contributed by atoms with van der Waals surface area (Å²) < 4.78 is 4.12. The molecule has 0 unspecified atom stereocenters. The predicted octanol–water partition coefficient (Wildman–Crippen LogP) is 2.80. The van der Waals surface area contributed by atoms with Gasteiger partial charge >= 0.3 is 6.09 Å². The van der Waals surface area contributed by atoms with Crippen LogP contribution in [0.4, 0.5) is 10.5 Å². The van der Waals surface area contributed by atoms with Crippen LogP contribution in [-0.2, 0) is 4.29 Å². The Morgan fingerprint density at radius 1 is 1.46 bits per heavy atom. The lowest BCUT2D eigenvalue weighted by molar-refractivity contribution is 0.212. The molecule has 0 radical (unpaired) electrons. The summed E-state index contributed by atoms with van der Waals surface area (Å²) in [5, 5.41) is 0. The number of para-hydroxylation sites is 1. The summed E-state index contributed by atoms with van der Waals surface area (Å²) in [6.07, 6.45) is -0.560. The fraction of sp³-hybridized carbons (Fsp3) is 0.222. The quantitative estimate of drug-likeness (QED) is 0.733. The third-order valence-corrected chi connectivity index (χ3v) is 1.80. The van der Waals surface area contributed by atoms with Crippen molar-refractivity contribution >= 4 is 23.6 Å². The number of carbonyl (C=O) groups excluding carboxylic acids is 1. The predicted molar refractivity (Wildman–Crippen MR) is 51.8 cm³/mol. The maximum absolute atomic E-state index is 11.1. The molecule has 0 saturated heterocycles. The Kier molecular flexibility index (Phi) is 3.58. The first kappa shape index (κ1) is 9.86. The zero-order valence-electron chi connectivity index (χ0n) is 7.24. The van der Waals surface area contributed by atoms with Crippen LogP contribution in [-0.4, -0.2) is 12.6 Å². The van der Waals surface area contributed by atoms with Crippen LogP contribution in [0.25, 0.3) is 0 Å². The van der Waals surface area contributed by atoms with Crippen molar-refractivity contribution in [2.45, 2.75) is 6.92 Å². The fourth-order valence-corrected chi connectivity index (χ4v) is 1.15. The first-order chi connectivity index (χ1) is 6.29. The van der Waals surface area contributed by atoms with E-state index in [-0.39, 0.29) is 0 Å². The summed E-state index contributed by atoms with van der Waals surface area (Å²) in [4.78, 5) is 12.6. The lowest BCUT2D eigenvalue weighted by Gasteiger charge is -2.17. The molecule has 0 N–H and O–H groups in total. The first-order valence-electron chi connectivity index (χ1n) is 3.94. The van der Waals surface area contributed by atoms with Gasteiger partial charge in [-0.15, -0.1) is 0 Å². The van der Waals surface area contributed by atoms with Crippen molar-refractivity contribution in [1.82, 2.24) is 0 Å². The van der Waals surface area contributed by atoms with E-state index in [1.807, 2.05) is 37.3 Å². The summed E-state index contributed by atoms with van der Waals surface area (Å²) >= 11 is 4.98. The van der Waals surface area contributed by atoms with Crippen molar-refractivity contribution in [3.05, 3.63) is 30.3 Å². The van der Waals surface area contributed by atoms with E-state index in [1.54, 1.807) is 0 Å². The Hall–Kier alpha value is -1.22. The van der Waals surface area contributed by atoms with E-state index in [0.717, 1.165) is 5.69 Å². The summed E-state index contributed by atoms with van der Waals surface area (Å²) in [5.41, 5.74) is 0.774. The Balaban J connectivity index is 2.85. The van der Waals surface area contributed by atoms with E-state index in [9.17, 15) is 4.79 Å². The second-order valence-electron chi connectivity index (χ2n) is 2.42. The van der Waals surface area contributed by atoms with Crippen LogP contribution in [0.1, 0.15) is 6.92 Å². The van der Waals surface area contributed by atoms with E-state index in [4.69, 9.17) is 11.9 Å². The van der Waals surface area contributed by atoms with Gasteiger partial charge in [0.25, 0.3) is 0 Å². The highest BCUT2D eigenvalue weighted by molar-refractivity contribution is 6.14. The number of anilines is 1. The molecule has 0 heterocycles. The van der Waals surface area contributed by atoms with Crippen molar-refractivity contribution in [2.24, 2.45) is 0 Å². The Labute approximate surface area is 82.0 Å². The van der Waals surface area contributed by atoms with Gasteiger partial charge in [0.2, 0.25) is 0 Å². The Bertz CT molecular complexity index is 276. The molecule has 0 spiro atoms. The first-order valence-corrected chi connectivity index (χ1v) is 4.25. The van der Waals surface area contributed by atoms with Crippen LogP contribution in [0, 0.1) is 0 Å². The number of nitrogens with zero attached hydrogens (tertiary/aromatic N) is 1. The summed E-state index contributed by atoms with van der Waals surface area (Å²) in [6.45, 7) is 2.37. The Morgan fingerprint density at radius 2 is 2.08 bits per heavy atom. The molecule has 70 valence electrons. The fourth-order valence-electron chi connectivity index (χ4n) is 1.07. The van der Waals surface area contributed by atoms with Crippen LogP contribution in [0.3, 0.4) is 0 Å². The van der Waals surface area contributed by atoms with Crippen molar-refractivity contribution < 1.29 is 9.08 Å². The van der Waals surface area contributed by atoms with Crippen molar-refractivity contribution in [1.29, 1.82) is 0 Å². The molecule has 0 aromatic heterocycles. The molecule has 0 aliphatic heterocycles. The zero-order valence-corrected chi connectivity index (χ0v) is 7.99. The summed E-state index contributed by atoms with van der Waals surface area (Å²) in [5.74, 6) is 0. The third-order valence-electron chi connectivity index (χ3n) is 1.67. The molecule has 0 bridgehead atoms. The molecule has 1 aromatic carbocycles. The van der Waals surface area contributed by atoms with Gasteiger partial charge in [0.1, 0.15) is 11.9 Å². The number of carbonyl (C=O) groups is 1. The number of benzene rings is 1. The lowest BCUT2D eigenvalue weighted by Crippen LogP contribution is -2.29. The number of halogens is 1. The minimum atomic E-state index is -0.560. The average Bonchev–Trinajstić information content (AvgIpc) is 2.20. The van der Waals surface area contributed by atoms with Gasteiger partial charge in [0.15, 0.2) is 0 Å². The molecule has 0 atom stereocenters. The van der Waals surface area contributed by atoms with Crippen LogP contribution >= 0.6 is 11.9 Å². The smallest absolute Gasteiger partial charge is 0.330 e.